The summed E-state index contributed by atoms with van der Waals surface area (Å²) in [7, 11) is 0. The Morgan fingerprint density at radius 2 is 2.50 bits per heavy atom. The lowest BCUT2D eigenvalue weighted by Gasteiger charge is -2.18. The van der Waals surface area contributed by atoms with Crippen molar-refractivity contribution >= 4 is 17.6 Å². The molecule has 1 saturated heterocycles. The number of carbonyl (C=O) groups is 1. The van der Waals surface area contributed by atoms with Crippen molar-refractivity contribution in [1.29, 1.82) is 0 Å². The highest BCUT2D eigenvalue weighted by atomic mass is 35.5. The van der Waals surface area contributed by atoms with E-state index in [0.717, 1.165) is 6.42 Å². The van der Waals surface area contributed by atoms with Crippen LogP contribution in [-0.2, 0) is 14.3 Å². The molecule has 1 heterocycles. The van der Waals surface area contributed by atoms with Crippen LogP contribution in [0.2, 0.25) is 0 Å². The molecule has 1 aliphatic heterocycles. The Morgan fingerprint density at radius 1 is 1.80 bits per heavy atom. The Balaban J connectivity index is 2.43. The fraction of sp³-hybridized carbons (Fsp3) is 0.833. The van der Waals surface area contributed by atoms with Crippen molar-refractivity contribution in [2.75, 3.05) is 6.61 Å². The highest BCUT2D eigenvalue weighted by Gasteiger charge is 2.35. The zero-order valence-electron chi connectivity index (χ0n) is 5.72. The van der Waals surface area contributed by atoms with E-state index in [-0.39, 0.29) is 0 Å². The van der Waals surface area contributed by atoms with Crippen LogP contribution in [0.4, 0.5) is 0 Å². The molecule has 4 heteroatoms. The number of carbonyl (C=O) groups excluding carboxylic acids is 1. The summed E-state index contributed by atoms with van der Waals surface area (Å²) in [4.78, 5) is 10.4. The zero-order chi connectivity index (χ0) is 7.61. The van der Waals surface area contributed by atoms with Gasteiger partial charge in [-0.3, -0.25) is 4.79 Å². The topological polar surface area (TPSA) is 35.5 Å². The van der Waals surface area contributed by atoms with E-state index < -0.39 is 11.2 Å². The van der Waals surface area contributed by atoms with E-state index in [1.54, 1.807) is 0 Å². The number of esters is 1. The molecule has 10 heavy (non-hydrogen) atoms. The maximum absolute atomic E-state index is 10.4. The predicted molar refractivity (Wildman–Crippen MR) is 35.5 cm³/mol. The molecule has 58 valence electrons. The van der Waals surface area contributed by atoms with Crippen LogP contribution in [0, 0.1) is 0 Å². The van der Waals surface area contributed by atoms with Crippen molar-refractivity contribution in [3.05, 3.63) is 0 Å². The molecule has 0 aromatic carbocycles. The minimum Gasteiger partial charge on any atom is -0.418 e. The average Bonchev–Trinajstić information content (AvgIpc) is 2.12. The van der Waals surface area contributed by atoms with Gasteiger partial charge in [0, 0.05) is 13.3 Å². The Bertz CT molecular complexity index is 140. The second kappa shape index (κ2) is 2.76. The molecule has 0 bridgehead atoms. The second-order valence-electron chi connectivity index (χ2n) is 2.21. The van der Waals surface area contributed by atoms with Crippen molar-refractivity contribution in [3.8, 4) is 0 Å². The van der Waals surface area contributed by atoms with Crippen LogP contribution in [0.3, 0.4) is 0 Å². The number of halogens is 1. The maximum Gasteiger partial charge on any atom is 0.306 e. The van der Waals surface area contributed by atoms with E-state index in [2.05, 4.69) is 0 Å². The van der Waals surface area contributed by atoms with Crippen LogP contribution in [0.1, 0.15) is 19.8 Å². The van der Waals surface area contributed by atoms with Gasteiger partial charge >= 0.3 is 5.97 Å². The number of alkyl halides is 1. The summed E-state index contributed by atoms with van der Waals surface area (Å²) in [6, 6.07) is 0. The molecule has 1 aliphatic rings. The van der Waals surface area contributed by atoms with Crippen LogP contribution in [-0.4, -0.2) is 17.8 Å². The molecule has 1 unspecified atom stereocenters. The Hall–Kier alpha value is -0.280. The van der Waals surface area contributed by atoms with Crippen LogP contribution in [0.25, 0.3) is 0 Å². The third-order valence-electron chi connectivity index (χ3n) is 1.23. The highest BCUT2D eigenvalue weighted by Crippen LogP contribution is 2.30. The van der Waals surface area contributed by atoms with E-state index in [4.69, 9.17) is 21.1 Å². The second-order valence-corrected chi connectivity index (χ2v) is 2.78. The summed E-state index contributed by atoms with van der Waals surface area (Å²) in [5.41, 5.74) is 0. The van der Waals surface area contributed by atoms with Gasteiger partial charge in [-0.2, -0.15) is 0 Å². The molecule has 0 N–H and O–H groups in total. The van der Waals surface area contributed by atoms with Gasteiger partial charge in [-0.15, -0.1) is 0 Å². The number of rotatable bonds is 1. The molecule has 1 fully saturated rings. The van der Waals surface area contributed by atoms with Gasteiger partial charge in [-0.25, -0.2) is 0 Å². The first-order valence-corrected chi connectivity index (χ1v) is 3.53. The first-order chi connectivity index (χ1) is 4.62. The van der Waals surface area contributed by atoms with Crippen LogP contribution < -0.4 is 0 Å². The Labute approximate surface area is 64.3 Å². The quantitative estimate of drug-likeness (QED) is 0.432. The summed E-state index contributed by atoms with van der Waals surface area (Å²) >= 11 is 5.70. The third-order valence-corrected chi connectivity index (χ3v) is 1.61. The van der Waals surface area contributed by atoms with E-state index in [9.17, 15) is 4.79 Å². The van der Waals surface area contributed by atoms with Crippen molar-refractivity contribution in [1.82, 2.24) is 0 Å². The molecule has 1 atom stereocenters. The van der Waals surface area contributed by atoms with Gasteiger partial charge in [-0.05, 0) is 18.0 Å². The molecule has 1 rings (SSSR count). The first kappa shape index (κ1) is 7.82. The van der Waals surface area contributed by atoms with Gasteiger partial charge in [0.2, 0.25) is 0 Å². The molecule has 0 aromatic rings. The first-order valence-electron chi connectivity index (χ1n) is 3.15. The smallest absolute Gasteiger partial charge is 0.306 e. The Kier molecular flexibility index (Phi) is 2.16. The fourth-order valence-electron chi connectivity index (χ4n) is 0.875. The summed E-state index contributed by atoms with van der Waals surface area (Å²) in [5.74, 6) is -0.406. The normalized spacial score (nSPS) is 32.2. The lowest BCUT2D eigenvalue weighted by Crippen LogP contribution is -2.26. The SMILES string of the molecule is CC(=O)OC1(Cl)CCCO1. The molecule has 0 aliphatic carbocycles. The number of hydrogen-bond donors (Lipinski definition) is 0. The van der Waals surface area contributed by atoms with E-state index in [0.29, 0.717) is 13.0 Å². The Morgan fingerprint density at radius 3 is 2.90 bits per heavy atom. The fourth-order valence-corrected chi connectivity index (χ4v) is 1.19. The zero-order valence-corrected chi connectivity index (χ0v) is 6.48. The van der Waals surface area contributed by atoms with Crippen molar-refractivity contribution in [3.63, 3.8) is 0 Å². The molecular weight excluding hydrogens is 156 g/mol. The molecule has 0 amide bonds. The molecule has 0 spiro atoms. The molecule has 0 saturated carbocycles. The standard InChI is InChI=1S/C6H9ClO3/c1-5(8)10-6(7)3-2-4-9-6/h2-4H2,1H3. The maximum atomic E-state index is 10.4. The lowest BCUT2D eigenvalue weighted by molar-refractivity contribution is -0.179. The van der Waals surface area contributed by atoms with Crippen molar-refractivity contribution in [2.45, 2.75) is 25.0 Å². The van der Waals surface area contributed by atoms with Gasteiger partial charge in [0.05, 0.1) is 6.61 Å². The van der Waals surface area contributed by atoms with E-state index >= 15 is 0 Å². The summed E-state index contributed by atoms with van der Waals surface area (Å²) in [5, 5.41) is -1.16. The molecule has 0 aromatic heterocycles. The summed E-state index contributed by atoms with van der Waals surface area (Å²) in [6.07, 6.45) is 1.42. The largest absolute Gasteiger partial charge is 0.418 e. The van der Waals surface area contributed by atoms with Crippen molar-refractivity contribution in [2.24, 2.45) is 0 Å². The summed E-state index contributed by atoms with van der Waals surface area (Å²) < 4.78 is 9.68. The monoisotopic (exact) mass is 164 g/mol. The van der Waals surface area contributed by atoms with Gasteiger partial charge in [0.15, 0.2) is 0 Å². The average molecular weight is 165 g/mol. The summed E-state index contributed by atoms with van der Waals surface area (Å²) in [6.45, 7) is 1.88. The minimum absolute atomic E-state index is 0.406. The molecular formula is C6H9ClO3. The predicted octanol–water partition coefficient (Wildman–Crippen LogP) is 1.25. The molecule has 0 radical (unpaired) electrons. The van der Waals surface area contributed by atoms with E-state index in [1.807, 2.05) is 0 Å². The third kappa shape index (κ3) is 1.85. The van der Waals surface area contributed by atoms with Gasteiger partial charge in [0.1, 0.15) is 0 Å². The van der Waals surface area contributed by atoms with Gasteiger partial charge < -0.3 is 9.47 Å². The number of ether oxygens (including phenoxy) is 2. The minimum atomic E-state index is -1.16. The van der Waals surface area contributed by atoms with Gasteiger partial charge in [0.25, 0.3) is 5.25 Å². The van der Waals surface area contributed by atoms with E-state index in [1.165, 1.54) is 6.92 Å². The van der Waals surface area contributed by atoms with Crippen LogP contribution >= 0.6 is 11.6 Å². The van der Waals surface area contributed by atoms with Crippen LogP contribution in [0.15, 0.2) is 0 Å². The van der Waals surface area contributed by atoms with Crippen molar-refractivity contribution < 1.29 is 14.3 Å². The number of hydrogen-bond acceptors (Lipinski definition) is 3. The lowest BCUT2D eigenvalue weighted by atomic mass is 10.4. The molecule has 3 nitrogen and oxygen atoms in total. The highest BCUT2D eigenvalue weighted by molar-refractivity contribution is 6.22. The van der Waals surface area contributed by atoms with Crippen LogP contribution in [0.5, 0.6) is 0 Å². The van der Waals surface area contributed by atoms with Gasteiger partial charge in [-0.1, -0.05) is 0 Å².